The molecule has 0 radical (unpaired) electrons. The van der Waals surface area contributed by atoms with Gasteiger partial charge in [-0.05, 0) is 167 Å². The number of allylic oxidation sites excluding steroid dienone is 40. The number of esters is 2. The fraction of sp³-hybridized carbons (Fsp3) is 0.494. The highest BCUT2D eigenvalue weighted by atomic mass is 31.2. The molecule has 0 aromatic carbocycles. The lowest BCUT2D eigenvalue weighted by molar-refractivity contribution is -0.161. The Bertz CT molecular complexity index is 2430. The quantitative estimate of drug-likeness (QED) is 0.0264. The van der Waals surface area contributed by atoms with Gasteiger partial charge in [0.2, 0.25) is 0 Å². The smallest absolute Gasteiger partial charge is 0.462 e. The summed E-state index contributed by atoms with van der Waals surface area (Å²) < 4.78 is 33.1. The predicted molar refractivity (Wildman–Crippen MR) is 403 cm³/mol. The van der Waals surface area contributed by atoms with Crippen molar-refractivity contribution < 1.29 is 37.6 Å². The molecule has 2 atom stereocenters. The lowest BCUT2D eigenvalue weighted by Crippen LogP contribution is -2.29. The maximum atomic E-state index is 12.8. The highest BCUT2D eigenvalue weighted by molar-refractivity contribution is 7.47. The number of carbonyl (C=O) groups excluding carboxylic acids is 2. The topological polar surface area (TPSA) is 134 Å². The monoisotopic (exact) mass is 1300 g/mol. The van der Waals surface area contributed by atoms with Crippen LogP contribution < -0.4 is 5.73 Å². The Hall–Kier alpha value is -6.19. The lowest BCUT2D eigenvalue weighted by Gasteiger charge is -2.19. The molecule has 0 spiro atoms. The van der Waals surface area contributed by atoms with E-state index in [2.05, 4.69) is 257 Å². The number of unbranched alkanes of at least 4 members (excludes halogenated alkanes) is 10. The van der Waals surface area contributed by atoms with Gasteiger partial charge >= 0.3 is 19.8 Å². The van der Waals surface area contributed by atoms with E-state index in [9.17, 15) is 19.0 Å². The van der Waals surface area contributed by atoms with Crippen molar-refractivity contribution >= 4 is 19.8 Å². The van der Waals surface area contributed by atoms with Crippen LogP contribution in [0.5, 0.6) is 0 Å². The molecule has 93 heavy (non-hydrogen) atoms. The molecule has 2 unspecified atom stereocenters. The molecule has 3 N–H and O–H groups in total. The minimum absolute atomic E-state index is 0.0330. The lowest BCUT2D eigenvalue weighted by atomic mass is 10.1. The van der Waals surface area contributed by atoms with E-state index in [1.54, 1.807) is 0 Å². The van der Waals surface area contributed by atoms with Crippen molar-refractivity contribution in [3.8, 4) is 0 Å². The van der Waals surface area contributed by atoms with Crippen molar-refractivity contribution in [1.29, 1.82) is 0 Å². The van der Waals surface area contributed by atoms with Crippen LogP contribution in [-0.4, -0.2) is 49.3 Å². The van der Waals surface area contributed by atoms with Crippen LogP contribution in [0.1, 0.15) is 232 Å². The van der Waals surface area contributed by atoms with Gasteiger partial charge in [-0.3, -0.25) is 18.6 Å². The van der Waals surface area contributed by atoms with E-state index < -0.39 is 32.5 Å². The number of carbonyl (C=O) groups is 2. The van der Waals surface area contributed by atoms with Crippen molar-refractivity contribution in [2.45, 2.75) is 238 Å². The molecule has 0 amide bonds. The number of ether oxygens (including phenoxy) is 2. The zero-order chi connectivity index (χ0) is 67.2. The van der Waals surface area contributed by atoms with Gasteiger partial charge in [-0.1, -0.05) is 295 Å². The van der Waals surface area contributed by atoms with E-state index >= 15 is 0 Å². The Kier molecular flexibility index (Phi) is 69.9. The molecule has 516 valence electrons. The molecule has 0 fully saturated rings. The van der Waals surface area contributed by atoms with Crippen molar-refractivity contribution in [3.63, 3.8) is 0 Å². The first-order valence-electron chi connectivity index (χ1n) is 35.5. The average Bonchev–Trinajstić information content (AvgIpc) is 3.60. The third-order valence-electron chi connectivity index (χ3n) is 13.7. The standard InChI is InChI=1S/C83H126NO8P/c1-3-5-7-9-11-13-15-17-19-21-23-25-27-29-31-33-35-37-38-39-40-41-42-44-46-48-50-52-54-56-58-60-62-64-66-68-70-72-74-76-83(86)92-81(80-91-93(87,88)90-78-77-84)79-89-82(85)75-73-71-69-67-65-63-61-59-57-55-53-51-49-47-45-43-36-34-32-30-28-26-24-22-20-18-16-14-12-10-8-6-4-2/h5-8,11-14,17-20,23-26,29-32,35-37,39-40,42-44,47-50,53-56,59-62,81H,3-4,9-10,15-16,21-22,27-28,33-34,38,41,45-46,51-52,57-58,63-80,84H2,1-2H3,(H,87,88)/b7-5-,8-6-,13-11-,14-12-,19-17-,20-18-,25-23-,26-24-,31-29-,32-30-,37-35-,40-39-,43-36-,44-42-,49-47-,50-48-,55-53-,56-54-,61-59-,62-60-. The number of nitrogens with two attached hydrogens (primary N) is 1. The van der Waals surface area contributed by atoms with Crippen LogP contribution in [0.25, 0.3) is 0 Å². The van der Waals surface area contributed by atoms with Gasteiger partial charge < -0.3 is 20.1 Å². The zero-order valence-electron chi connectivity index (χ0n) is 57.9. The molecular formula is C83H126NO8P. The van der Waals surface area contributed by atoms with Crippen LogP contribution in [0.4, 0.5) is 0 Å². The number of hydrogen-bond acceptors (Lipinski definition) is 8. The Morgan fingerprint density at radius 3 is 0.828 bits per heavy atom. The van der Waals surface area contributed by atoms with Crippen LogP contribution in [-0.2, 0) is 32.7 Å². The largest absolute Gasteiger partial charge is 0.472 e. The number of phosphoric ester groups is 1. The van der Waals surface area contributed by atoms with E-state index in [0.717, 1.165) is 193 Å². The molecule has 0 saturated heterocycles. The Balaban J connectivity index is 4.10. The first-order chi connectivity index (χ1) is 45.8. The summed E-state index contributed by atoms with van der Waals surface area (Å²) in [5, 5.41) is 0. The maximum Gasteiger partial charge on any atom is 0.472 e. The number of rotatable bonds is 63. The number of hydrogen-bond donors (Lipinski definition) is 2. The van der Waals surface area contributed by atoms with Gasteiger partial charge in [0.25, 0.3) is 0 Å². The highest BCUT2D eigenvalue weighted by Crippen LogP contribution is 2.43. The minimum Gasteiger partial charge on any atom is -0.462 e. The second-order valence-corrected chi connectivity index (χ2v) is 23.7. The van der Waals surface area contributed by atoms with Gasteiger partial charge in [0, 0.05) is 19.4 Å². The van der Waals surface area contributed by atoms with Gasteiger partial charge in [0.05, 0.1) is 13.2 Å². The number of phosphoric acid groups is 1. The average molecular weight is 1300 g/mol. The molecule has 0 aliphatic carbocycles. The summed E-state index contributed by atoms with van der Waals surface area (Å²) >= 11 is 0. The Morgan fingerprint density at radius 2 is 0.559 bits per heavy atom. The molecule has 0 aromatic heterocycles. The molecule has 0 bridgehead atoms. The highest BCUT2D eigenvalue weighted by Gasteiger charge is 2.26. The van der Waals surface area contributed by atoms with Crippen molar-refractivity contribution in [2.75, 3.05) is 26.4 Å². The molecule has 0 aliphatic heterocycles. The molecule has 9 nitrogen and oxygen atoms in total. The summed E-state index contributed by atoms with van der Waals surface area (Å²) in [4.78, 5) is 35.4. The van der Waals surface area contributed by atoms with Crippen molar-refractivity contribution in [1.82, 2.24) is 0 Å². The summed E-state index contributed by atoms with van der Waals surface area (Å²) in [5.41, 5.74) is 5.40. The summed E-state index contributed by atoms with van der Waals surface area (Å²) in [5.74, 6) is -0.894. The van der Waals surface area contributed by atoms with Crippen LogP contribution in [0, 0.1) is 0 Å². The fourth-order valence-corrected chi connectivity index (χ4v) is 9.34. The summed E-state index contributed by atoms with van der Waals surface area (Å²) in [6.07, 6.45) is 119. The molecule has 0 saturated carbocycles. The van der Waals surface area contributed by atoms with E-state index in [-0.39, 0.29) is 32.6 Å². The van der Waals surface area contributed by atoms with Gasteiger partial charge in [-0.2, -0.15) is 0 Å². The first-order valence-corrected chi connectivity index (χ1v) is 37.0. The Morgan fingerprint density at radius 1 is 0.323 bits per heavy atom. The van der Waals surface area contributed by atoms with Crippen molar-refractivity contribution in [3.05, 3.63) is 243 Å². The van der Waals surface area contributed by atoms with Crippen LogP contribution in [0.15, 0.2) is 243 Å². The summed E-state index contributed by atoms with van der Waals surface area (Å²) in [6, 6.07) is 0. The predicted octanol–water partition coefficient (Wildman–Crippen LogP) is 24.0. The second kappa shape index (κ2) is 74.8. The molecule has 10 heteroatoms. The second-order valence-electron chi connectivity index (χ2n) is 22.3. The van der Waals surface area contributed by atoms with Gasteiger partial charge in [-0.25, -0.2) is 4.57 Å². The van der Waals surface area contributed by atoms with E-state index in [0.29, 0.717) is 12.8 Å². The molecule has 0 heterocycles. The molecular weight excluding hydrogens is 1170 g/mol. The molecule has 0 aliphatic rings. The first kappa shape index (κ1) is 86.8. The third-order valence-corrected chi connectivity index (χ3v) is 14.7. The zero-order valence-corrected chi connectivity index (χ0v) is 58.8. The van der Waals surface area contributed by atoms with Gasteiger partial charge in [-0.15, -0.1) is 0 Å². The Labute approximate surface area is 567 Å². The van der Waals surface area contributed by atoms with E-state index in [1.807, 2.05) is 0 Å². The third kappa shape index (κ3) is 74.7. The van der Waals surface area contributed by atoms with Crippen molar-refractivity contribution in [2.24, 2.45) is 5.73 Å². The van der Waals surface area contributed by atoms with E-state index in [4.69, 9.17) is 24.3 Å². The minimum atomic E-state index is -4.43. The van der Waals surface area contributed by atoms with E-state index in [1.165, 1.54) is 0 Å². The normalized spacial score (nSPS) is 14.4. The maximum absolute atomic E-state index is 12.8. The molecule has 0 rings (SSSR count). The van der Waals surface area contributed by atoms with Crippen LogP contribution >= 0.6 is 7.82 Å². The summed E-state index contributed by atoms with van der Waals surface area (Å²) in [6.45, 7) is 3.43. The fourth-order valence-electron chi connectivity index (χ4n) is 8.57. The van der Waals surface area contributed by atoms with Crippen LogP contribution in [0.3, 0.4) is 0 Å². The summed E-state index contributed by atoms with van der Waals surface area (Å²) in [7, 11) is -4.43. The van der Waals surface area contributed by atoms with Gasteiger partial charge in [0.1, 0.15) is 6.61 Å². The van der Waals surface area contributed by atoms with Crippen LogP contribution in [0.2, 0.25) is 0 Å². The van der Waals surface area contributed by atoms with Gasteiger partial charge in [0.15, 0.2) is 6.10 Å². The SMILES string of the molecule is CC/C=C\C/C=C\C/C=C\C/C=C\C/C=C\C/C=C\C/C=C\C/C=C\C/C=C\C/C=C\C/C=C\CCCCCCCC(=O)OC(COC(=O)CCCCCCC/C=C\C/C=C\C/C=C\C/C=C\C/C=C\C/C=C\C/C=C\C/C=C\C/C=C\CC)COP(=O)(O)OCCN. The molecule has 0 aromatic rings.